The Morgan fingerprint density at radius 2 is 1.63 bits per heavy atom. The second-order valence-corrected chi connectivity index (χ2v) is 10.8. The van der Waals surface area contributed by atoms with E-state index >= 15 is 0 Å². The molecule has 0 spiro atoms. The molecule has 3 aromatic carbocycles. The molecule has 1 aliphatic rings. The maximum absolute atomic E-state index is 14.8. The summed E-state index contributed by atoms with van der Waals surface area (Å²) in [6, 6.07) is 25.0. The van der Waals surface area contributed by atoms with Crippen molar-refractivity contribution in [3.05, 3.63) is 90.2 Å². The first kappa shape index (κ1) is 24.6. The number of Topliss-reactive ketones (excluding diaryl/α,β-unsaturated/α-hetero) is 1. The zero-order valence-corrected chi connectivity index (χ0v) is 22.1. The van der Waals surface area contributed by atoms with Crippen LogP contribution in [0.25, 0.3) is 33.5 Å². The zero-order chi connectivity index (χ0) is 26.1. The Kier molecular flexibility index (Phi) is 6.85. The van der Waals surface area contributed by atoms with Crippen LogP contribution in [-0.4, -0.2) is 30.9 Å². The molecule has 1 saturated carbocycles. The number of rotatable bonds is 7. The molecule has 38 heavy (non-hydrogen) atoms. The fourth-order valence-electron chi connectivity index (χ4n) is 5.68. The van der Waals surface area contributed by atoms with Gasteiger partial charge in [-0.05, 0) is 36.6 Å². The number of ketones is 1. The lowest BCUT2D eigenvalue weighted by molar-refractivity contribution is 0.102. The third-order valence-corrected chi connectivity index (χ3v) is 8.43. The van der Waals surface area contributed by atoms with Gasteiger partial charge >= 0.3 is 0 Å². The van der Waals surface area contributed by atoms with E-state index in [1.165, 1.54) is 24.2 Å². The van der Waals surface area contributed by atoms with E-state index in [0.29, 0.717) is 16.5 Å². The molecule has 5 nitrogen and oxygen atoms in total. The minimum absolute atomic E-state index is 0.0382. The van der Waals surface area contributed by atoms with Crippen molar-refractivity contribution < 1.29 is 9.18 Å². The Balaban J connectivity index is 1.37. The van der Waals surface area contributed by atoms with Crippen LogP contribution in [-0.2, 0) is 7.05 Å². The number of benzene rings is 3. The summed E-state index contributed by atoms with van der Waals surface area (Å²) >= 11 is 1.39. The lowest BCUT2D eigenvalue weighted by Gasteiger charge is -2.25. The Hall–Kier alpha value is -3.71. The quantitative estimate of drug-likeness (QED) is 0.162. The Morgan fingerprint density at radius 3 is 2.42 bits per heavy atom. The summed E-state index contributed by atoms with van der Waals surface area (Å²) in [7, 11) is 2.01. The van der Waals surface area contributed by atoms with Gasteiger partial charge in [0, 0.05) is 24.0 Å². The van der Waals surface area contributed by atoms with Crippen LogP contribution in [0.1, 0.15) is 48.5 Å². The van der Waals surface area contributed by atoms with Crippen molar-refractivity contribution >= 4 is 28.4 Å². The lowest BCUT2D eigenvalue weighted by Crippen LogP contribution is -2.16. The average molecular weight is 525 g/mol. The highest BCUT2D eigenvalue weighted by Crippen LogP contribution is 2.38. The summed E-state index contributed by atoms with van der Waals surface area (Å²) in [6.45, 7) is 0. The van der Waals surface area contributed by atoms with Crippen LogP contribution in [0.3, 0.4) is 0 Å². The van der Waals surface area contributed by atoms with E-state index in [9.17, 15) is 9.18 Å². The van der Waals surface area contributed by atoms with Crippen molar-refractivity contribution in [1.29, 1.82) is 0 Å². The first-order chi connectivity index (χ1) is 18.6. The molecule has 0 N–H and O–H groups in total. The molecule has 0 bridgehead atoms. The standard InChI is InChI=1S/C31H29FN4OS/c1-35-26-19-11-9-17-24(26)28(29(35)21-12-4-2-5-13-21)27(37)20-38-31-34-33-30(23-16-8-10-18-25(23)32)36(31)22-14-6-3-7-15-22/h2,4-5,8-13,16-19,22H,3,6-7,14-15,20H2,1H3. The maximum Gasteiger partial charge on any atom is 0.192 e. The average Bonchev–Trinajstić information content (AvgIpc) is 3.52. The number of para-hydroxylation sites is 1. The SMILES string of the molecule is Cn1c(-c2ccccc2)c(C(=O)CSc2nnc(-c3ccccc3F)n2C2CCCCC2)c2ccccc21. The van der Waals surface area contributed by atoms with Gasteiger partial charge in [-0.25, -0.2) is 4.39 Å². The van der Waals surface area contributed by atoms with Crippen LogP contribution >= 0.6 is 11.8 Å². The highest BCUT2D eigenvalue weighted by molar-refractivity contribution is 7.99. The summed E-state index contributed by atoms with van der Waals surface area (Å²) < 4.78 is 19.0. The molecule has 0 radical (unpaired) electrons. The molecule has 0 unspecified atom stereocenters. The number of carbonyl (C=O) groups excluding carboxylic acids is 1. The second kappa shape index (κ2) is 10.6. The summed E-state index contributed by atoms with van der Waals surface area (Å²) in [5, 5.41) is 10.5. The van der Waals surface area contributed by atoms with Crippen molar-refractivity contribution in [3.63, 3.8) is 0 Å². The predicted octanol–water partition coefficient (Wildman–Crippen LogP) is 7.72. The monoisotopic (exact) mass is 524 g/mol. The molecule has 6 rings (SSSR count). The van der Waals surface area contributed by atoms with Gasteiger partial charge in [-0.1, -0.05) is 91.7 Å². The molecular formula is C31H29FN4OS. The van der Waals surface area contributed by atoms with E-state index in [1.54, 1.807) is 12.1 Å². The topological polar surface area (TPSA) is 52.7 Å². The van der Waals surface area contributed by atoms with Crippen molar-refractivity contribution in [3.8, 4) is 22.6 Å². The molecule has 7 heteroatoms. The fraction of sp³-hybridized carbons (Fsp3) is 0.258. The van der Waals surface area contributed by atoms with E-state index < -0.39 is 0 Å². The first-order valence-electron chi connectivity index (χ1n) is 13.1. The number of thioether (sulfide) groups is 1. The molecule has 0 saturated heterocycles. The molecule has 2 aromatic heterocycles. The molecular weight excluding hydrogens is 495 g/mol. The Morgan fingerprint density at radius 1 is 0.921 bits per heavy atom. The number of carbonyl (C=O) groups is 1. The van der Waals surface area contributed by atoms with E-state index in [2.05, 4.69) is 19.3 Å². The van der Waals surface area contributed by atoms with Gasteiger partial charge in [0.1, 0.15) is 5.82 Å². The molecule has 1 aliphatic carbocycles. The molecule has 0 aliphatic heterocycles. The zero-order valence-electron chi connectivity index (χ0n) is 21.3. The number of aromatic nitrogens is 4. The van der Waals surface area contributed by atoms with Crippen LogP contribution < -0.4 is 0 Å². The molecule has 0 amide bonds. The lowest BCUT2D eigenvalue weighted by atomic mass is 9.95. The normalized spacial score (nSPS) is 14.3. The number of nitrogens with zero attached hydrogens (tertiary/aromatic N) is 4. The largest absolute Gasteiger partial charge is 0.343 e. The predicted molar refractivity (Wildman–Crippen MR) is 151 cm³/mol. The third-order valence-electron chi connectivity index (χ3n) is 7.48. The molecule has 0 atom stereocenters. The van der Waals surface area contributed by atoms with Gasteiger partial charge in [0.25, 0.3) is 0 Å². The summed E-state index contributed by atoms with van der Waals surface area (Å²) in [6.07, 6.45) is 5.46. The van der Waals surface area contributed by atoms with Gasteiger partial charge in [0.05, 0.1) is 22.6 Å². The van der Waals surface area contributed by atoms with E-state index in [-0.39, 0.29) is 23.4 Å². The third kappa shape index (κ3) is 4.45. The van der Waals surface area contributed by atoms with Crippen molar-refractivity contribution in [2.24, 2.45) is 7.05 Å². The maximum atomic E-state index is 14.8. The van der Waals surface area contributed by atoms with E-state index in [4.69, 9.17) is 0 Å². The van der Waals surface area contributed by atoms with Gasteiger partial charge in [-0.15, -0.1) is 10.2 Å². The summed E-state index contributed by atoms with van der Waals surface area (Å²) in [4.78, 5) is 13.9. The number of aryl methyl sites for hydroxylation is 1. The van der Waals surface area contributed by atoms with Crippen LogP contribution in [0.5, 0.6) is 0 Å². The summed E-state index contributed by atoms with van der Waals surface area (Å²) in [5.74, 6) is 0.486. The fourth-order valence-corrected chi connectivity index (χ4v) is 6.56. The van der Waals surface area contributed by atoms with Gasteiger partial charge in [0.2, 0.25) is 0 Å². The van der Waals surface area contributed by atoms with Gasteiger partial charge in [-0.2, -0.15) is 0 Å². The van der Waals surface area contributed by atoms with Crippen molar-refractivity contribution in [1.82, 2.24) is 19.3 Å². The van der Waals surface area contributed by atoms with Crippen molar-refractivity contribution in [2.45, 2.75) is 43.3 Å². The molecule has 192 valence electrons. The van der Waals surface area contributed by atoms with Crippen LogP contribution in [0.15, 0.2) is 84.0 Å². The van der Waals surface area contributed by atoms with Crippen molar-refractivity contribution in [2.75, 3.05) is 5.75 Å². The smallest absolute Gasteiger partial charge is 0.192 e. The van der Waals surface area contributed by atoms with Gasteiger partial charge in [-0.3, -0.25) is 9.36 Å². The van der Waals surface area contributed by atoms with E-state index in [1.807, 2.05) is 67.7 Å². The van der Waals surface area contributed by atoms with Crippen LogP contribution in [0.4, 0.5) is 4.39 Å². The number of fused-ring (bicyclic) bond motifs is 1. The Labute approximate surface area is 225 Å². The minimum atomic E-state index is -0.312. The van der Waals surface area contributed by atoms with Gasteiger partial charge < -0.3 is 4.57 Å². The Bertz CT molecular complexity index is 1600. The summed E-state index contributed by atoms with van der Waals surface area (Å²) in [5.41, 5.74) is 4.11. The minimum Gasteiger partial charge on any atom is -0.343 e. The second-order valence-electron chi connectivity index (χ2n) is 9.83. The molecule has 2 heterocycles. The van der Waals surface area contributed by atoms with Gasteiger partial charge in [0.15, 0.2) is 16.8 Å². The number of hydrogen-bond acceptors (Lipinski definition) is 4. The molecule has 1 fully saturated rings. The first-order valence-corrected chi connectivity index (χ1v) is 14.1. The van der Waals surface area contributed by atoms with Crippen LogP contribution in [0, 0.1) is 5.82 Å². The molecule has 5 aromatic rings. The highest BCUT2D eigenvalue weighted by atomic mass is 32.2. The number of hydrogen-bond donors (Lipinski definition) is 0. The highest BCUT2D eigenvalue weighted by Gasteiger charge is 2.27. The number of halogens is 1. The van der Waals surface area contributed by atoms with E-state index in [0.717, 1.165) is 53.4 Å². The van der Waals surface area contributed by atoms with Crippen LogP contribution in [0.2, 0.25) is 0 Å².